The Hall–Kier alpha value is -2.25. The quantitative estimate of drug-likeness (QED) is 0.659. The monoisotopic (exact) mass is 401 g/mol. The molecule has 0 bridgehead atoms. The molecule has 26 heavy (non-hydrogen) atoms. The molecule has 1 aromatic carbocycles. The van der Waals surface area contributed by atoms with Gasteiger partial charge in [-0.1, -0.05) is 23.2 Å². The maximum absolute atomic E-state index is 12.9. The lowest BCUT2D eigenvalue weighted by Crippen LogP contribution is -2.15. The molecule has 0 aliphatic heterocycles. The van der Waals surface area contributed by atoms with E-state index in [-0.39, 0.29) is 23.0 Å². The minimum atomic E-state index is -4.52. The summed E-state index contributed by atoms with van der Waals surface area (Å²) in [5, 5.41) is 3.13. The van der Waals surface area contributed by atoms with Crippen molar-refractivity contribution in [3.63, 3.8) is 0 Å². The lowest BCUT2D eigenvalue weighted by atomic mass is 10.2. The summed E-state index contributed by atoms with van der Waals surface area (Å²) in [4.78, 5) is 16.3. The Kier molecular flexibility index (Phi) is 4.86. The van der Waals surface area contributed by atoms with Crippen molar-refractivity contribution in [3.8, 4) is 0 Å². The van der Waals surface area contributed by atoms with Crippen molar-refractivity contribution < 1.29 is 18.0 Å². The van der Waals surface area contributed by atoms with Crippen molar-refractivity contribution in [1.82, 2.24) is 9.38 Å². The first-order valence-electron chi connectivity index (χ1n) is 7.44. The summed E-state index contributed by atoms with van der Waals surface area (Å²) in [6.45, 7) is 1.80. The molecule has 0 unspecified atom stereocenters. The first kappa shape index (κ1) is 18.5. The number of alkyl halides is 3. The van der Waals surface area contributed by atoms with E-state index in [0.717, 1.165) is 17.8 Å². The van der Waals surface area contributed by atoms with Gasteiger partial charge in [0.05, 0.1) is 22.7 Å². The molecule has 136 valence electrons. The van der Waals surface area contributed by atoms with Gasteiger partial charge in [0.1, 0.15) is 0 Å². The molecule has 1 amide bonds. The maximum Gasteiger partial charge on any atom is 0.417 e. The summed E-state index contributed by atoms with van der Waals surface area (Å²) in [6.07, 6.45) is -2.39. The molecule has 1 N–H and O–H groups in total. The number of hydrogen-bond acceptors (Lipinski definition) is 2. The summed E-state index contributed by atoms with van der Waals surface area (Å²) in [5.41, 5.74) is 0.958. The van der Waals surface area contributed by atoms with Crippen molar-refractivity contribution in [2.24, 2.45) is 0 Å². The van der Waals surface area contributed by atoms with Crippen LogP contribution in [0, 0.1) is 6.92 Å². The summed E-state index contributed by atoms with van der Waals surface area (Å²) in [6, 6.07) is 5.84. The number of nitrogens with zero attached hydrogens (tertiary/aromatic N) is 2. The molecule has 0 saturated heterocycles. The van der Waals surface area contributed by atoms with E-state index in [0.29, 0.717) is 16.4 Å². The first-order chi connectivity index (χ1) is 12.1. The fourth-order valence-corrected chi connectivity index (χ4v) is 2.96. The van der Waals surface area contributed by atoms with Crippen LogP contribution in [0.1, 0.15) is 16.8 Å². The molecule has 4 nitrogen and oxygen atoms in total. The predicted molar refractivity (Wildman–Crippen MR) is 93.7 cm³/mol. The third kappa shape index (κ3) is 3.94. The second-order valence-corrected chi connectivity index (χ2v) is 6.57. The fourth-order valence-electron chi connectivity index (χ4n) is 2.47. The molecule has 0 radical (unpaired) electrons. The van der Waals surface area contributed by atoms with Crippen molar-refractivity contribution in [3.05, 3.63) is 63.5 Å². The van der Waals surface area contributed by atoms with Gasteiger partial charge in [0.2, 0.25) is 5.91 Å². The molecule has 0 aliphatic rings. The van der Waals surface area contributed by atoms with E-state index in [1.165, 1.54) is 10.6 Å². The van der Waals surface area contributed by atoms with Crippen LogP contribution in [-0.2, 0) is 17.4 Å². The van der Waals surface area contributed by atoms with Gasteiger partial charge in [0.25, 0.3) is 0 Å². The van der Waals surface area contributed by atoms with Gasteiger partial charge in [0.15, 0.2) is 5.65 Å². The van der Waals surface area contributed by atoms with Gasteiger partial charge in [-0.3, -0.25) is 4.79 Å². The van der Waals surface area contributed by atoms with Gasteiger partial charge < -0.3 is 9.72 Å². The number of aryl methyl sites for hydroxylation is 1. The number of aromatic nitrogens is 2. The predicted octanol–water partition coefficient (Wildman–Crippen LogP) is 5.15. The van der Waals surface area contributed by atoms with E-state index in [9.17, 15) is 18.0 Å². The second-order valence-electron chi connectivity index (χ2n) is 5.72. The van der Waals surface area contributed by atoms with E-state index in [4.69, 9.17) is 23.2 Å². The number of pyridine rings is 1. The van der Waals surface area contributed by atoms with Crippen LogP contribution in [-0.4, -0.2) is 15.3 Å². The number of rotatable bonds is 3. The second kappa shape index (κ2) is 6.81. The summed E-state index contributed by atoms with van der Waals surface area (Å²) < 4.78 is 39.7. The average Bonchev–Trinajstić information content (AvgIpc) is 2.92. The van der Waals surface area contributed by atoms with E-state index in [1.807, 2.05) is 0 Å². The zero-order valence-corrected chi connectivity index (χ0v) is 14.9. The Labute approximate surface area is 156 Å². The van der Waals surface area contributed by atoms with Gasteiger partial charge in [-0.25, -0.2) is 4.98 Å². The molecule has 3 rings (SSSR count). The van der Waals surface area contributed by atoms with Gasteiger partial charge in [-0.2, -0.15) is 13.2 Å². The zero-order valence-electron chi connectivity index (χ0n) is 13.4. The molecule has 0 atom stereocenters. The maximum atomic E-state index is 12.9. The summed E-state index contributed by atoms with van der Waals surface area (Å²) in [7, 11) is 0. The highest BCUT2D eigenvalue weighted by Crippen LogP contribution is 2.32. The van der Waals surface area contributed by atoms with Gasteiger partial charge >= 0.3 is 6.18 Å². The van der Waals surface area contributed by atoms with Crippen LogP contribution in [0.2, 0.25) is 10.0 Å². The highest BCUT2D eigenvalue weighted by Gasteiger charge is 2.32. The number of anilines is 1. The number of carbonyl (C=O) groups is 1. The van der Waals surface area contributed by atoms with Crippen molar-refractivity contribution in [2.75, 3.05) is 5.32 Å². The standard InChI is InChI=1S/C17H12Cl2F3N3O/c1-9-4-11(18)2-3-14(9)24-15(26)6-12-8-25-7-10(17(20,21)22)5-13(19)16(25)23-12/h2-5,7-8H,6H2,1H3,(H,24,26). The van der Waals surface area contributed by atoms with Crippen molar-refractivity contribution in [1.29, 1.82) is 0 Å². The number of nitrogens with one attached hydrogen (secondary N) is 1. The number of imidazole rings is 1. The molecule has 0 fully saturated rings. The molecule has 3 aromatic rings. The molecule has 2 aromatic heterocycles. The van der Waals surface area contributed by atoms with E-state index in [2.05, 4.69) is 10.3 Å². The van der Waals surface area contributed by atoms with Gasteiger partial charge in [-0.05, 0) is 36.8 Å². The molecule has 0 aliphatic carbocycles. The van der Waals surface area contributed by atoms with Crippen molar-refractivity contribution >= 4 is 40.4 Å². The van der Waals surface area contributed by atoms with Gasteiger partial charge in [0, 0.05) is 23.1 Å². The number of amides is 1. The van der Waals surface area contributed by atoms with E-state index in [1.54, 1.807) is 25.1 Å². The largest absolute Gasteiger partial charge is 0.417 e. The van der Waals surface area contributed by atoms with Gasteiger partial charge in [-0.15, -0.1) is 0 Å². The van der Waals surface area contributed by atoms with Crippen molar-refractivity contribution in [2.45, 2.75) is 19.5 Å². The highest BCUT2D eigenvalue weighted by atomic mass is 35.5. The minimum Gasteiger partial charge on any atom is -0.326 e. The minimum absolute atomic E-state index is 0.110. The molecule has 0 spiro atoms. The first-order valence-corrected chi connectivity index (χ1v) is 8.19. The molecule has 0 saturated carbocycles. The van der Waals surface area contributed by atoms with Crippen LogP contribution in [0.3, 0.4) is 0 Å². The third-order valence-electron chi connectivity index (χ3n) is 3.69. The fraction of sp³-hybridized carbons (Fsp3) is 0.176. The lowest BCUT2D eigenvalue weighted by Gasteiger charge is -2.07. The molecule has 2 heterocycles. The van der Waals surface area contributed by atoms with E-state index < -0.39 is 11.7 Å². The number of carbonyl (C=O) groups excluding carboxylic acids is 1. The Morgan fingerprint density at radius 1 is 1.23 bits per heavy atom. The number of hydrogen-bond donors (Lipinski definition) is 1. The lowest BCUT2D eigenvalue weighted by molar-refractivity contribution is -0.137. The topological polar surface area (TPSA) is 46.4 Å². The SMILES string of the molecule is Cc1cc(Cl)ccc1NC(=O)Cc1cn2cc(C(F)(F)F)cc(Cl)c2n1. The molecular formula is C17H12Cl2F3N3O. The van der Waals surface area contributed by atoms with Crippen LogP contribution >= 0.6 is 23.2 Å². The number of halogens is 5. The van der Waals surface area contributed by atoms with E-state index >= 15 is 0 Å². The smallest absolute Gasteiger partial charge is 0.326 e. The molecular weight excluding hydrogens is 390 g/mol. The summed E-state index contributed by atoms with van der Waals surface area (Å²) >= 11 is 11.8. The molecule has 9 heteroatoms. The summed E-state index contributed by atoms with van der Waals surface area (Å²) in [5.74, 6) is -0.356. The zero-order chi connectivity index (χ0) is 19.1. The normalized spacial score (nSPS) is 11.8. The van der Waals surface area contributed by atoms with Crippen LogP contribution in [0.4, 0.5) is 18.9 Å². The van der Waals surface area contributed by atoms with Crippen LogP contribution in [0.25, 0.3) is 5.65 Å². The Morgan fingerprint density at radius 2 is 1.96 bits per heavy atom. The Morgan fingerprint density at radius 3 is 2.62 bits per heavy atom. The average molecular weight is 402 g/mol. The van der Waals surface area contributed by atoms with Crippen LogP contribution < -0.4 is 5.32 Å². The van der Waals surface area contributed by atoms with Crippen LogP contribution in [0.15, 0.2) is 36.7 Å². The highest BCUT2D eigenvalue weighted by molar-refractivity contribution is 6.33. The Balaban J connectivity index is 1.82. The number of benzene rings is 1. The Bertz CT molecular complexity index is 999. The van der Waals surface area contributed by atoms with Crippen LogP contribution in [0.5, 0.6) is 0 Å². The number of fused-ring (bicyclic) bond motifs is 1. The third-order valence-corrected chi connectivity index (χ3v) is 4.20.